The Labute approximate surface area is 211 Å². The summed E-state index contributed by atoms with van der Waals surface area (Å²) in [6.07, 6.45) is 0. The van der Waals surface area contributed by atoms with Crippen molar-refractivity contribution >= 4 is 22.5 Å². The maximum absolute atomic E-state index is 14.0. The molecule has 1 aromatic heterocycles. The number of Topliss-reactive ketones (excluding diaryl/α,β-unsaturated/α-hetero) is 2. The van der Waals surface area contributed by atoms with Crippen LogP contribution in [-0.2, 0) is 12.3 Å². The number of allylic oxidation sites excluding steroid dienone is 1. The van der Waals surface area contributed by atoms with Crippen molar-refractivity contribution in [2.24, 2.45) is 0 Å². The van der Waals surface area contributed by atoms with Crippen LogP contribution in [-0.4, -0.2) is 32.3 Å². The second-order valence-electron chi connectivity index (χ2n) is 9.60. The van der Waals surface area contributed by atoms with E-state index in [9.17, 15) is 24.6 Å². The van der Waals surface area contributed by atoms with Crippen molar-refractivity contribution in [1.82, 2.24) is 4.90 Å². The Hall–Kier alpha value is -4.33. The zero-order valence-electron chi connectivity index (χ0n) is 20.2. The first kappa shape index (κ1) is 23.1. The highest BCUT2D eigenvalue weighted by atomic mass is 16.4. The molecule has 2 atom stereocenters. The van der Waals surface area contributed by atoms with Gasteiger partial charge in [0.1, 0.15) is 11.1 Å². The lowest BCUT2D eigenvalue weighted by atomic mass is 9.81. The smallest absolute Gasteiger partial charge is 0.347 e. The van der Waals surface area contributed by atoms with Crippen molar-refractivity contribution in [3.63, 3.8) is 0 Å². The zero-order valence-corrected chi connectivity index (χ0v) is 20.2. The third kappa shape index (κ3) is 2.98. The highest BCUT2D eigenvalue weighted by Gasteiger charge is 2.72. The standard InChI is InChI=1S/C30H23NO6/c1-17-11-13-19(14-12-17)16-31-18(2)25(26(32)22-15-20-7-3-6-10-24(20)37-28(22)34)29(35)27(33)21-8-4-5-9-23(21)30(29,31)36/h3-15,35-36H,16H2,1-2H3/t29-,30+/m0/s1. The molecule has 0 saturated carbocycles. The SMILES string of the molecule is CC1=C(C(=O)c2cc3ccccc3oc2=O)[C@]2(O)C(=O)c3ccccc3[C@]2(O)N1Cc1ccc(C)cc1. The summed E-state index contributed by atoms with van der Waals surface area (Å²) in [6.45, 7) is 3.62. The molecule has 6 rings (SSSR count). The summed E-state index contributed by atoms with van der Waals surface area (Å²) < 4.78 is 5.36. The van der Waals surface area contributed by atoms with E-state index in [1.807, 2.05) is 31.2 Å². The Kier molecular flexibility index (Phi) is 4.89. The van der Waals surface area contributed by atoms with Crippen molar-refractivity contribution in [1.29, 1.82) is 0 Å². The molecule has 0 radical (unpaired) electrons. The molecule has 7 heteroatoms. The lowest BCUT2D eigenvalue weighted by molar-refractivity contribution is -0.173. The van der Waals surface area contributed by atoms with Crippen LogP contribution in [0.15, 0.2) is 99.3 Å². The minimum absolute atomic E-state index is 0.107. The molecule has 2 aliphatic rings. The highest BCUT2D eigenvalue weighted by Crippen LogP contribution is 2.57. The Bertz CT molecular complexity index is 1720. The van der Waals surface area contributed by atoms with Crippen molar-refractivity contribution in [3.05, 3.63) is 128 Å². The van der Waals surface area contributed by atoms with E-state index in [1.54, 1.807) is 49.4 Å². The van der Waals surface area contributed by atoms with Gasteiger partial charge in [-0.05, 0) is 31.5 Å². The van der Waals surface area contributed by atoms with E-state index >= 15 is 0 Å². The average Bonchev–Trinajstić information content (AvgIpc) is 3.18. The van der Waals surface area contributed by atoms with E-state index in [-0.39, 0.29) is 34.5 Å². The van der Waals surface area contributed by atoms with Gasteiger partial charge in [0, 0.05) is 28.8 Å². The predicted molar refractivity (Wildman–Crippen MR) is 136 cm³/mol. The van der Waals surface area contributed by atoms with Crippen molar-refractivity contribution in [2.45, 2.75) is 31.7 Å². The molecule has 4 aromatic rings. The maximum Gasteiger partial charge on any atom is 0.347 e. The van der Waals surface area contributed by atoms with Crippen LogP contribution in [0.4, 0.5) is 0 Å². The number of para-hydroxylation sites is 1. The van der Waals surface area contributed by atoms with Crippen LogP contribution < -0.4 is 5.63 Å². The summed E-state index contributed by atoms with van der Waals surface area (Å²) in [5.41, 5.74) is -3.77. The molecule has 0 fully saturated rings. The summed E-state index contributed by atoms with van der Waals surface area (Å²) in [4.78, 5) is 42.0. The number of benzene rings is 3. The van der Waals surface area contributed by atoms with Gasteiger partial charge in [0.15, 0.2) is 0 Å². The Morgan fingerprint density at radius 1 is 0.919 bits per heavy atom. The lowest BCUT2D eigenvalue weighted by Gasteiger charge is -2.40. The van der Waals surface area contributed by atoms with E-state index in [2.05, 4.69) is 0 Å². The monoisotopic (exact) mass is 493 g/mol. The number of nitrogens with zero attached hydrogens (tertiary/aromatic N) is 1. The average molecular weight is 494 g/mol. The number of carbonyl (C=O) groups is 2. The Balaban J connectivity index is 1.58. The second-order valence-corrected chi connectivity index (χ2v) is 9.60. The number of rotatable bonds is 4. The molecular formula is C30H23NO6. The molecule has 7 nitrogen and oxygen atoms in total. The fourth-order valence-corrected chi connectivity index (χ4v) is 5.59. The van der Waals surface area contributed by atoms with Gasteiger partial charge in [-0.1, -0.05) is 72.3 Å². The molecule has 2 N–H and O–H groups in total. The van der Waals surface area contributed by atoms with Crippen LogP contribution in [0.25, 0.3) is 11.0 Å². The normalized spacial score (nSPS) is 22.5. The van der Waals surface area contributed by atoms with Gasteiger partial charge in [-0.25, -0.2) is 4.79 Å². The van der Waals surface area contributed by atoms with Gasteiger partial charge in [0.25, 0.3) is 0 Å². The summed E-state index contributed by atoms with van der Waals surface area (Å²) in [5.74, 6) is -1.67. The molecule has 0 amide bonds. The van der Waals surface area contributed by atoms with Gasteiger partial charge in [-0.15, -0.1) is 0 Å². The van der Waals surface area contributed by atoms with E-state index in [4.69, 9.17) is 4.42 Å². The zero-order chi connectivity index (χ0) is 26.1. The maximum atomic E-state index is 14.0. The van der Waals surface area contributed by atoms with E-state index in [0.29, 0.717) is 11.0 Å². The van der Waals surface area contributed by atoms with Gasteiger partial charge in [0.05, 0.1) is 5.57 Å². The molecule has 3 aromatic carbocycles. The van der Waals surface area contributed by atoms with Crippen molar-refractivity contribution in [3.8, 4) is 0 Å². The van der Waals surface area contributed by atoms with Gasteiger partial charge >= 0.3 is 5.63 Å². The first-order valence-corrected chi connectivity index (χ1v) is 11.9. The molecule has 0 bridgehead atoms. The first-order valence-electron chi connectivity index (χ1n) is 11.9. The summed E-state index contributed by atoms with van der Waals surface area (Å²) >= 11 is 0. The van der Waals surface area contributed by atoms with Crippen LogP contribution >= 0.6 is 0 Å². The van der Waals surface area contributed by atoms with E-state index < -0.39 is 28.5 Å². The molecule has 37 heavy (non-hydrogen) atoms. The topological polar surface area (TPSA) is 108 Å². The van der Waals surface area contributed by atoms with Crippen LogP contribution in [0.5, 0.6) is 0 Å². The first-order chi connectivity index (χ1) is 17.7. The third-order valence-corrected chi connectivity index (χ3v) is 7.47. The second kappa shape index (κ2) is 7.83. The van der Waals surface area contributed by atoms with Crippen molar-refractivity contribution < 1.29 is 24.2 Å². The van der Waals surface area contributed by atoms with Crippen LogP contribution in [0, 0.1) is 6.92 Å². The fraction of sp³-hybridized carbons (Fsp3) is 0.167. The molecule has 0 saturated heterocycles. The number of carbonyl (C=O) groups excluding carboxylic acids is 2. The number of aryl methyl sites for hydroxylation is 1. The Morgan fingerprint density at radius 3 is 2.35 bits per heavy atom. The number of aliphatic hydroxyl groups is 2. The largest absolute Gasteiger partial charge is 0.422 e. The highest BCUT2D eigenvalue weighted by molar-refractivity contribution is 6.21. The van der Waals surface area contributed by atoms with Crippen LogP contribution in [0.2, 0.25) is 0 Å². The van der Waals surface area contributed by atoms with Gasteiger partial charge < -0.3 is 19.5 Å². The summed E-state index contributed by atoms with van der Waals surface area (Å²) in [6, 6.07) is 22.1. The predicted octanol–water partition coefficient (Wildman–Crippen LogP) is 3.85. The quantitative estimate of drug-likeness (QED) is 0.328. The molecule has 0 spiro atoms. The number of ketones is 2. The van der Waals surface area contributed by atoms with Crippen LogP contribution in [0.3, 0.4) is 0 Å². The van der Waals surface area contributed by atoms with Gasteiger partial charge in [-0.2, -0.15) is 0 Å². The Morgan fingerprint density at radius 2 is 1.59 bits per heavy atom. The van der Waals surface area contributed by atoms with Crippen molar-refractivity contribution in [2.75, 3.05) is 0 Å². The molecule has 1 aliphatic heterocycles. The number of hydrogen-bond donors (Lipinski definition) is 2. The number of hydrogen-bond acceptors (Lipinski definition) is 7. The van der Waals surface area contributed by atoms with E-state index in [1.165, 1.54) is 17.0 Å². The number of fused-ring (bicyclic) bond motifs is 4. The molecule has 1 aliphatic carbocycles. The third-order valence-electron chi connectivity index (χ3n) is 7.47. The van der Waals surface area contributed by atoms with E-state index in [0.717, 1.165) is 11.1 Å². The minimum atomic E-state index is -2.62. The molecule has 2 heterocycles. The molecule has 0 unspecified atom stereocenters. The minimum Gasteiger partial charge on any atom is -0.422 e. The summed E-state index contributed by atoms with van der Waals surface area (Å²) in [5, 5.41) is 24.8. The van der Waals surface area contributed by atoms with Gasteiger partial charge in [0.2, 0.25) is 22.9 Å². The molecule has 184 valence electrons. The van der Waals surface area contributed by atoms with Crippen LogP contribution in [0.1, 0.15) is 44.3 Å². The summed E-state index contributed by atoms with van der Waals surface area (Å²) in [7, 11) is 0. The molecular weight excluding hydrogens is 470 g/mol. The van der Waals surface area contributed by atoms with Gasteiger partial charge in [-0.3, -0.25) is 9.59 Å². The fourth-order valence-electron chi connectivity index (χ4n) is 5.59. The lowest BCUT2D eigenvalue weighted by Crippen LogP contribution is -2.57.